The van der Waals surface area contributed by atoms with E-state index in [1.54, 1.807) is 6.33 Å². The lowest BCUT2D eigenvalue weighted by atomic mass is 9.88. The van der Waals surface area contributed by atoms with E-state index in [0.29, 0.717) is 0 Å². The van der Waals surface area contributed by atoms with E-state index in [4.69, 9.17) is 0 Å². The molecule has 84 valence electrons. The minimum absolute atomic E-state index is 0.812. The van der Waals surface area contributed by atoms with Crippen molar-refractivity contribution in [2.45, 2.75) is 33.2 Å². The number of aromatic amines is 1. The van der Waals surface area contributed by atoms with Crippen LogP contribution in [0.4, 0.5) is 0 Å². The van der Waals surface area contributed by atoms with Gasteiger partial charge in [0.05, 0.1) is 12.0 Å². The van der Waals surface area contributed by atoms with Crippen molar-refractivity contribution in [3.63, 3.8) is 0 Å². The third-order valence-electron chi connectivity index (χ3n) is 3.43. The first-order valence-corrected chi connectivity index (χ1v) is 5.95. The summed E-state index contributed by atoms with van der Waals surface area (Å²) in [5, 5.41) is 0. The van der Waals surface area contributed by atoms with Gasteiger partial charge in [-0.15, -0.1) is 0 Å². The van der Waals surface area contributed by atoms with Crippen LogP contribution in [0.2, 0.25) is 0 Å². The highest BCUT2D eigenvalue weighted by molar-refractivity contribution is 4.94. The Labute approximate surface area is 91.9 Å². The van der Waals surface area contributed by atoms with Gasteiger partial charge in [0, 0.05) is 19.3 Å². The average molecular weight is 207 g/mol. The Balaban J connectivity index is 1.88. The molecule has 0 spiro atoms. The number of nitrogens with zero attached hydrogens (tertiary/aromatic N) is 2. The van der Waals surface area contributed by atoms with Crippen LogP contribution in [0, 0.1) is 11.8 Å². The summed E-state index contributed by atoms with van der Waals surface area (Å²) in [6.45, 7) is 8.15. The van der Waals surface area contributed by atoms with Gasteiger partial charge in [0.15, 0.2) is 0 Å². The van der Waals surface area contributed by atoms with Crippen LogP contribution in [0.25, 0.3) is 0 Å². The molecule has 1 aliphatic heterocycles. The Kier molecular flexibility index (Phi) is 3.41. The van der Waals surface area contributed by atoms with Crippen molar-refractivity contribution < 1.29 is 0 Å². The Morgan fingerprint density at radius 2 is 2.47 bits per heavy atom. The molecule has 2 heterocycles. The molecule has 1 aromatic heterocycles. The fourth-order valence-electron chi connectivity index (χ4n) is 2.39. The number of likely N-dealkylation sites (tertiary alicyclic amines) is 1. The molecule has 1 aliphatic rings. The highest BCUT2D eigenvalue weighted by Crippen LogP contribution is 2.24. The molecule has 0 radical (unpaired) electrons. The van der Waals surface area contributed by atoms with Crippen LogP contribution in [0.15, 0.2) is 12.5 Å². The number of piperidine rings is 1. The zero-order valence-corrected chi connectivity index (χ0v) is 9.74. The lowest BCUT2D eigenvalue weighted by Crippen LogP contribution is -2.36. The second-order valence-corrected chi connectivity index (χ2v) is 4.94. The maximum atomic E-state index is 4.28. The molecule has 1 saturated heterocycles. The topological polar surface area (TPSA) is 31.9 Å². The van der Waals surface area contributed by atoms with Gasteiger partial charge in [-0.3, -0.25) is 4.90 Å². The average Bonchev–Trinajstić information content (AvgIpc) is 2.71. The molecule has 0 saturated carbocycles. The maximum absolute atomic E-state index is 4.28. The summed E-state index contributed by atoms with van der Waals surface area (Å²) in [6.07, 6.45) is 6.50. The van der Waals surface area contributed by atoms with E-state index in [9.17, 15) is 0 Å². The van der Waals surface area contributed by atoms with Crippen LogP contribution in [0.1, 0.15) is 32.4 Å². The maximum Gasteiger partial charge on any atom is 0.0923 e. The molecular weight excluding hydrogens is 186 g/mol. The molecule has 0 amide bonds. The minimum Gasteiger partial charge on any atom is -0.351 e. The summed E-state index contributed by atoms with van der Waals surface area (Å²) < 4.78 is 0. The fourth-order valence-corrected chi connectivity index (χ4v) is 2.39. The molecule has 0 aromatic carbocycles. The third kappa shape index (κ3) is 2.81. The molecule has 1 N–H and O–H groups in total. The van der Waals surface area contributed by atoms with E-state index < -0.39 is 0 Å². The number of nitrogens with one attached hydrogen (secondary N) is 1. The molecule has 15 heavy (non-hydrogen) atoms. The molecule has 3 nitrogen and oxygen atoms in total. The quantitative estimate of drug-likeness (QED) is 0.824. The molecule has 1 atom stereocenters. The number of hydrogen-bond donors (Lipinski definition) is 1. The normalized spacial score (nSPS) is 23.5. The van der Waals surface area contributed by atoms with Gasteiger partial charge in [0.2, 0.25) is 0 Å². The van der Waals surface area contributed by atoms with E-state index in [0.717, 1.165) is 18.4 Å². The van der Waals surface area contributed by atoms with Crippen molar-refractivity contribution >= 4 is 0 Å². The van der Waals surface area contributed by atoms with Gasteiger partial charge in [-0.05, 0) is 31.2 Å². The number of H-pyrrole nitrogens is 1. The largest absolute Gasteiger partial charge is 0.351 e. The van der Waals surface area contributed by atoms with E-state index in [2.05, 4.69) is 28.7 Å². The number of aromatic nitrogens is 2. The summed E-state index contributed by atoms with van der Waals surface area (Å²) in [5.41, 5.74) is 1.17. The van der Waals surface area contributed by atoms with Crippen LogP contribution < -0.4 is 0 Å². The number of imidazole rings is 1. The zero-order valence-electron chi connectivity index (χ0n) is 9.74. The second-order valence-electron chi connectivity index (χ2n) is 4.94. The molecule has 1 aromatic rings. The highest BCUT2D eigenvalue weighted by Gasteiger charge is 2.22. The summed E-state index contributed by atoms with van der Waals surface area (Å²) >= 11 is 0. The van der Waals surface area contributed by atoms with Crippen molar-refractivity contribution in [1.29, 1.82) is 0 Å². The lowest BCUT2D eigenvalue weighted by molar-refractivity contribution is 0.138. The summed E-state index contributed by atoms with van der Waals surface area (Å²) in [7, 11) is 0. The minimum atomic E-state index is 0.812. The van der Waals surface area contributed by atoms with Gasteiger partial charge in [-0.1, -0.05) is 13.8 Å². The van der Waals surface area contributed by atoms with Crippen LogP contribution >= 0.6 is 0 Å². The van der Waals surface area contributed by atoms with Crippen molar-refractivity contribution in [1.82, 2.24) is 14.9 Å². The second kappa shape index (κ2) is 4.79. The molecule has 2 rings (SSSR count). The Hall–Kier alpha value is -0.830. The van der Waals surface area contributed by atoms with E-state index in [-0.39, 0.29) is 0 Å². The third-order valence-corrected chi connectivity index (χ3v) is 3.43. The van der Waals surface area contributed by atoms with Crippen molar-refractivity contribution in [3.05, 3.63) is 18.2 Å². The van der Waals surface area contributed by atoms with Crippen molar-refractivity contribution in [3.8, 4) is 0 Å². The first-order chi connectivity index (χ1) is 7.25. The molecule has 0 aliphatic carbocycles. The predicted molar refractivity (Wildman–Crippen MR) is 61.4 cm³/mol. The SMILES string of the molecule is CC(C)[C@H]1CCCN(Cc2c[nH]cn2)C1. The summed E-state index contributed by atoms with van der Waals surface area (Å²) in [5.74, 6) is 1.68. The van der Waals surface area contributed by atoms with Gasteiger partial charge in [-0.25, -0.2) is 4.98 Å². The van der Waals surface area contributed by atoms with E-state index in [1.807, 2.05) is 6.20 Å². The Morgan fingerprint density at radius 3 is 3.13 bits per heavy atom. The molecule has 0 unspecified atom stereocenters. The van der Waals surface area contributed by atoms with E-state index in [1.165, 1.54) is 31.6 Å². The summed E-state index contributed by atoms with van der Waals surface area (Å²) in [4.78, 5) is 9.83. The van der Waals surface area contributed by atoms with Crippen LogP contribution in [-0.4, -0.2) is 28.0 Å². The van der Waals surface area contributed by atoms with Crippen molar-refractivity contribution in [2.75, 3.05) is 13.1 Å². The molecule has 0 bridgehead atoms. The smallest absolute Gasteiger partial charge is 0.0923 e. The number of hydrogen-bond acceptors (Lipinski definition) is 2. The number of rotatable bonds is 3. The molecule has 3 heteroatoms. The van der Waals surface area contributed by atoms with Gasteiger partial charge >= 0.3 is 0 Å². The Bertz CT molecular complexity index is 279. The summed E-state index contributed by atoms with van der Waals surface area (Å²) in [6, 6.07) is 0. The molecule has 1 fully saturated rings. The Morgan fingerprint density at radius 1 is 1.60 bits per heavy atom. The standard InChI is InChI=1S/C12H21N3/c1-10(2)11-4-3-5-15(7-11)8-12-6-13-9-14-12/h6,9-11H,3-5,7-8H2,1-2H3,(H,13,14)/t11-/m0/s1. The highest BCUT2D eigenvalue weighted by atomic mass is 15.1. The molecular formula is C12H21N3. The van der Waals surface area contributed by atoms with Crippen LogP contribution in [0.3, 0.4) is 0 Å². The monoisotopic (exact) mass is 207 g/mol. The van der Waals surface area contributed by atoms with Crippen LogP contribution in [0.5, 0.6) is 0 Å². The van der Waals surface area contributed by atoms with Gasteiger partial charge in [0.1, 0.15) is 0 Å². The lowest BCUT2D eigenvalue weighted by Gasteiger charge is -2.34. The predicted octanol–water partition coefficient (Wildman–Crippen LogP) is 2.28. The van der Waals surface area contributed by atoms with Crippen LogP contribution in [-0.2, 0) is 6.54 Å². The fraction of sp³-hybridized carbons (Fsp3) is 0.750. The van der Waals surface area contributed by atoms with Gasteiger partial charge < -0.3 is 4.98 Å². The van der Waals surface area contributed by atoms with E-state index >= 15 is 0 Å². The zero-order chi connectivity index (χ0) is 10.7. The van der Waals surface area contributed by atoms with Gasteiger partial charge in [-0.2, -0.15) is 0 Å². The first kappa shape index (κ1) is 10.7. The first-order valence-electron chi connectivity index (χ1n) is 5.95. The van der Waals surface area contributed by atoms with Crippen molar-refractivity contribution in [2.24, 2.45) is 11.8 Å². The van der Waals surface area contributed by atoms with Gasteiger partial charge in [0.25, 0.3) is 0 Å².